The lowest BCUT2D eigenvalue weighted by molar-refractivity contribution is 0.0972. The number of hydrogen-bond donors (Lipinski definition) is 2. The van der Waals surface area contributed by atoms with E-state index in [1.807, 2.05) is 6.20 Å². The topological polar surface area (TPSA) is 83.7 Å². The van der Waals surface area contributed by atoms with Crippen LogP contribution in [-0.4, -0.2) is 26.5 Å². The maximum Gasteiger partial charge on any atom is 0.259 e. The van der Waals surface area contributed by atoms with Crippen LogP contribution >= 0.6 is 0 Å². The number of pyridine rings is 1. The first kappa shape index (κ1) is 18.7. The number of amides is 1. The maximum absolute atomic E-state index is 12.5. The molecule has 2 fully saturated rings. The monoisotopic (exact) mass is 399 g/mol. The van der Waals surface area contributed by atoms with Gasteiger partial charge in [0.25, 0.3) is 5.91 Å². The summed E-state index contributed by atoms with van der Waals surface area (Å²) in [6.45, 7) is 0. The second kappa shape index (κ2) is 7.20. The molecule has 2 aliphatic carbocycles. The zero-order valence-corrected chi connectivity index (χ0v) is 17.1. The average Bonchev–Trinajstić information content (AvgIpc) is 3.48. The maximum atomic E-state index is 12.5. The zero-order valence-electron chi connectivity index (χ0n) is 17.1. The van der Waals surface area contributed by atoms with Gasteiger partial charge < -0.3 is 5.32 Å². The molecule has 152 valence electrons. The van der Waals surface area contributed by atoms with Crippen LogP contribution in [0.1, 0.15) is 59.6 Å². The van der Waals surface area contributed by atoms with Gasteiger partial charge >= 0.3 is 0 Å². The molecule has 2 saturated carbocycles. The Morgan fingerprint density at radius 3 is 2.37 bits per heavy atom. The minimum Gasteiger partial charge on any atom is -0.310 e. The number of rotatable bonds is 5. The molecule has 5 rings (SSSR count). The number of aromatic nitrogens is 3. The number of hydrogen-bond acceptors (Lipinski definition) is 4. The van der Waals surface area contributed by atoms with E-state index in [1.165, 1.54) is 24.7 Å². The van der Waals surface area contributed by atoms with Gasteiger partial charge in [-0.15, -0.1) is 0 Å². The normalized spacial score (nSPS) is 17.2. The van der Waals surface area contributed by atoms with Crippen molar-refractivity contribution in [2.45, 2.75) is 43.4 Å². The Hall–Kier alpha value is -3.28. The standard InChI is InChI=1S/C24H25N5O/c1-29-15-19(14-27-29)22(30)28-23(25)24(11-2-12-24)20-8-5-16(6-9-20)18-7-10-21(26-13-18)17-3-4-17/h5-10,13-15,17H,2-4,11-12H2,1H3,(H2,25,28,30). The molecule has 2 aromatic heterocycles. The van der Waals surface area contributed by atoms with Crippen LogP contribution < -0.4 is 5.32 Å². The Balaban J connectivity index is 1.33. The summed E-state index contributed by atoms with van der Waals surface area (Å²) < 4.78 is 1.59. The molecule has 6 heteroatoms. The quantitative estimate of drug-likeness (QED) is 0.498. The third kappa shape index (κ3) is 3.32. The van der Waals surface area contributed by atoms with Crippen molar-refractivity contribution in [2.75, 3.05) is 0 Å². The van der Waals surface area contributed by atoms with Crippen LogP contribution in [0.3, 0.4) is 0 Å². The Morgan fingerprint density at radius 1 is 1.10 bits per heavy atom. The molecular formula is C24H25N5O. The van der Waals surface area contributed by atoms with Crippen molar-refractivity contribution in [1.82, 2.24) is 20.1 Å². The number of carbonyl (C=O) groups excluding carboxylic acids is 1. The van der Waals surface area contributed by atoms with E-state index >= 15 is 0 Å². The third-order valence-corrected chi connectivity index (χ3v) is 6.44. The fraction of sp³-hybridized carbons (Fsp3) is 0.333. The van der Waals surface area contributed by atoms with Crippen LogP contribution in [0, 0.1) is 5.41 Å². The summed E-state index contributed by atoms with van der Waals surface area (Å²) in [5.41, 5.74) is 4.56. The molecule has 0 radical (unpaired) electrons. The zero-order chi connectivity index (χ0) is 20.7. The average molecular weight is 399 g/mol. The predicted molar refractivity (Wildman–Crippen MR) is 116 cm³/mol. The molecule has 30 heavy (non-hydrogen) atoms. The smallest absolute Gasteiger partial charge is 0.259 e. The number of benzene rings is 1. The first-order valence-corrected chi connectivity index (χ1v) is 10.5. The Bertz CT molecular complexity index is 1090. The van der Waals surface area contributed by atoms with E-state index < -0.39 is 5.41 Å². The van der Waals surface area contributed by atoms with Crippen molar-refractivity contribution in [3.8, 4) is 11.1 Å². The Labute approximate surface area is 175 Å². The van der Waals surface area contributed by atoms with Crippen LogP contribution in [-0.2, 0) is 12.5 Å². The molecule has 1 aromatic carbocycles. The number of nitrogens with one attached hydrogen (secondary N) is 2. The summed E-state index contributed by atoms with van der Waals surface area (Å²) in [6.07, 6.45) is 10.4. The molecule has 1 amide bonds. The second-order valence-electron chi connectivity index (χ2n) is 8.49. The summed E-state index contributed by atoms with van der Waals surface area (Å²) >= 11 is 0. The predicted octanol–water partition coefficient (Wildman–Crippen LogP) is 4.19. The molecule has 0 atom stereocenters. The van der Waals surface area contributed by atoms with E-state index in [0.717, 1.165) is 36.0 Å². The van der Waals surface area contributed by atoms with Crippen molar-refractivity contribution in [1.29, 1.82) is 5.41 Å². The van der Waals surface area contributed by atoms with E-state index in [4.69, 9.17) is 5.41 Å². The van der Waals surface area contributed by atoms with Gasteiger partial charge in [-0.1, -0.05) is 36.8 Å². The second-order valence-corrected chi connectivity index (χ2v) is 8.49. The van der Waals surface area contributed by atoms with Crippen LogP contribution in [0.15, 0.2) is 55.0 Å². The molecule has 0 unspecified atom stereocenters. The first-order valence-electron chi connectivity index (χ1n) is 10.5. The Morgan fingerprint density at radius 2 is 1.83 bits per heavy atom. The van der Waals surface area contributed by atoms with Crippen molar-refractivity contribution in [3.05, 3.63) is 71.8 Å². The highest BCUT2D eigenvalue weighted by atomic mass is 16.1. The molecular weight excluding hydrogens is 374 g/mol. The van der Waals surface area contributed by atoms with Gasteiger partial charge in [-0.25, -0.2) is 0 Å². The lowest BCUT2D eigenvalue weighted by Gasteiger charge is -2.42. The number of nitrogens with zero attached hydrogens (tertiary/aromatic N) is 3. The lowest BCUT2D eigenvalue weighted by Crippen LogP contribution is -2.50. The number of carbonyl (C=O) groups is 1. The van der Waals surface area contributed by atoms with Gasteiger partial charge in [-0.05, 0) is 42.9 Å². The SMILES string of the molecule is Cn1cc(C(=O)NC(=N)C2(c3ccc(-c4ccc(C5CC5)nc4)cc3)CCC2)cn1. The fourth-order valence-electron chi connectivity index (χ4n) is 4.24. The largest absolute Gasteiger partial charge is 0.310 e. The minimum atomic E-state index is -0.412. The van der Waals surface area contributed by atoms with Gasteiger partial charge in [0, 0.05) is 36.6 Å². The molecule has 0 spiro atoms. The van der Waals surface area contributed by atoms with Gasteiger partial charge in [0.15, 0.2) is 0 Å². The van der Waals surface area contributed by atoms with Crippen LogP contribution in [0.2, 0.25) is 0 Å². The fourth-order valence-corrected chi connectivity index (χ4v) is 4.24. The van der Waals surface area contributed by atoms with Crippen LogP contribution in [0.4, 0.5) is 0 Å². The summed E-state index contributed by atoms with van der Waals surface area (Å²) in [4.78, 5) is 17.1. The molecule has 0 aliphatic heterocycles. The molecule has 2 N–H and O–H groups in total. The van der Waals surface area contributed by atoms with Crippen molar-refractivity contribution < 1.29 is 4.79 Å². The van der Waals surface area contributed by atoms with Crippen LogP contribution in [0.5, 0.6) is 0 Å². The van der Waals surface area contributed by atoms with Gasteiger partial charge in [0.2, 0.25) is 0 Å². The highest BCUT2D eigenvalue weighted by molar-refractivity contribution is 6.09. The van der Waals surface area contributed by atoms with Gasteiger partial charge in [0.1, 0.15) is 5.84 Å². The van der Waals surface area contributed by atoms with Gasteiger partial charge in [-0.3, -0.25) is 19.9 Å². The van der Waals surface area contributed by atoms with E-state index in [2.05, 4.69) is 51.8 Å². The highest BCUT2D eigenvalue weighted by Crippen LogP contribution is 2.44. The summed E-state index contributed by atoms with van der Waals surface area (Å²) in [6, 6.07) is 12.7. The summed E-state index contributed by atoms with van der Waals surface area (Å²) in [7, 11) is 1.77. The molecule has 3 aromatic rings. The summed E-state index contributed by atoms with van der Waals surface area (Å²) in [5, 5.41) is 15.5. The van der Waals surface area contributed by atoms with Crippen molar-refractivity contribution in [2.24, 2.45) is 7.05 Å². The van der Waals surface area contributed by atoms with Crippen molar-refractivity contribution in [3.63, 3.8) is 0 Å². The molecule has 0 bridgehead atoms. The molecule has 0 saturated heterocycles. The third-order valence-electron chi connectivity index (χ3n) is 6.44. The molecule has 6 nitrogen and oxygen atoms in total. The van der Waals surface area contributed by atoms with Crippen molar-refractivity contribution >= 4 is 11.7 Å². The van der Waals surface area contributed by atoms with Gasteiger partial charge in [0.05, 0.1) is 17.2 Å². The highest BCUT2D eigenvalue weighted by Gasteiger charge is 2.43. The first-order chi connectivity index (χ1) is 14.5. The molecule has 2 aliphatic rings. The number of aryl methyl sites for hydroxylation is 1. The van der Waals surface area contributed by atoms with E-state index in [1.54, 1.807) is 17.9 Å². The van der Waals surface area contributed by atoms with Gasteiger partial charge in [-0.2, -0.15) is 5.10 Å². The summed E-state index contributed by atoms with van der Waals surface area (Å²) in [5.74, 6) is 0.649. The Kier molecular flexibility index (Phi) is 4.50. The number of amidine groups is 1. The minimum absolute atomic E-state index is 0.269. The van der Waals surface area contributed by atoms with E-state index in [0.29, 0.717) is 11.5 Å². The van der Waals surface area contributed by atoms with E-state index in [-0.39, 0.29) is 11.7 Å². The lowest BCUT2D eigenvalue weighted by atomic mass is 9.63. The van der Waals surface area contributed by atoms with Crippen LogP contribution in [0.25, 0.3) is 11.1 Å². The van der Waals surface area contributed by atoms with E-state index in [9.17, 15) is 4.79 Å². The molecule has 2 heterocycles.